The Balaban J connectivity index is 3.25. The van der Waals surface area contributed by atoms with Gasteiger partial charge in [-0.25, -0.2) is 4.39 Å². The minimum absolute atomic E-state index is 0.0903. The van der Waals surface area contributed by atoms with Gasteiger partial charge in [-0.15, -0.1) is 0 Å². The minimum atomic E-state index is -0.604. The molecule has 0 spiro atoms. The van der Waals surface area contributed by atoms with Gasteiger partial charge in [0.2, 0.25) is 0 Å². The van der Waals surface area contributed by atoms with Gasteiger partial charge in [-0.1, -0.05) is 12.1 Å². The number of rotatable bonds is 1. The summed E-state index contributed by atoms with van der Waals surface area (Å²) in [6.45, 7) is 3.06. The Morgan fingerprint density at radius 1 is 1.36 bits per heavy atom. The lowest BCUT2D eigenvalue weighted by Gasteiger charge is -2.05. The molecule has 1 aromatic carbocycles. The van der Waals surface area contributed by atoms with Crippen LogP contribution in [0.4, 0.5) is 4.39 Å². The highest BCUT2D eigenvalue weighted by Gasteiger charge is 2.04. The van der Waals surface area contributed by atoms with E-state index in [4.69, 9.17) is 0 Å². The fraction of sp³-hybridized carbons (Fsp3) is 0.333. The second-order valence-electron chi connectivity index (χ2n) is 2.65. The second-order valence-corrected chi connectivity index (χ2v) is 2.65. The lowest BCUT2D eigenvalue weighted by atomic mass is 10.1. The number of hydrogen-bond donors (Lipinski definition) is 1. The first-order chi connectivity index (χ1) is 5.16. The Hall–Kier alpha value is -1.05. The number of aromatic hydroxyl groups is 1. The summed E-state index contributed by atoms with van der Waals surface area (Å²) in [5.74, 6) is 0.0903. The molecule has 11 heavy (non-hydrogen) atoms. The van der Waals surface area contributed by atoms with Crippen LogP contribution in [-0.2, 0) is 6.67 Å². The molecule has 1 aromatic rings. The lowest BCUT2D eigenvalue weighted by molar-refractivity contribution is 0.429. The van der Waals surface area contributed by atoms with Crippen molar-refractivity contribution in [2.24, 2.45) is 0 Å². The van der Waals surface area contributed by atoms with Crippen LogP contribution in [0, 0.1) is 13.8 Å². The predicted molar refractivity (Wildman–Crippen MR) is 42.4 cm³/mol. The van der Waals surface area contributed by atoms with Crippen LogP contribution in [0.15, 0.2) is 12.1 Å². The average molecular weight is 154 g/mol. The first-order valence-electron chi connectivity index (χ1n) is 3.51. The van der Waals surface area contributed by atoms with Gasteiger partial charge >= 0.3 is 0 Å². The summed E-state index contributed by atoms with van der Waals surface area (Å²) in [4.78, 5) is 0. The lowest BCUT2D eigenvalue weighted by Crippen LogP contribution is -1.86. The summed E-state index contributed by atoms with van der Waals surface area (Å²) in [7, 11) is 0. The third kappa shape index (κ3) is 1.34. The van der Waals surface area contributed by atoms with Gasteiger partial charge < -0.3 is 5.11 Å². The van der Waals surface area contributed by atoms with E-state index in [1.165, 1.54) is 0 Å². The molecule has 0 atom stereocenters. The van der Waals surface area contributed by atoms with E-state index in [0.29, 0.717) is 5.56 Å². The Bertz CT molecular complexity index is 269. The maximum absolute atomic E-state index is 12.1. The molecule has 0 saturated carbocycles. The Morgan fingerprint density at radius 2 is 2.00 bits per heavy atom. The van der Waals surface area contributed by atoms with E-state index >= 15 is 0 Å². The van der Waals surface area contributed by atoms with Crippen molar-refractivity contribution >= 4 is 0 Å². The minimum Gasteiger partial charge on any atom is -0.507 e. The molecule has 1 N–H and O–H groups in total. The maximum Gasteiger partial charge on any atom is 0.124 e. The molecule has 1 rings (SSSR count). The topological polar surface area (TPSA) is 20.2 Å². The van der Waals surface area contributed by atoms with Gasteiger partial charge in [0.25, 0.3) is 0 Å². The van der Waals surface area contributed by atoms with Crippen LogP contribution in [0.3, 0.4) is 0 Å². The molecular weight excluding hydrogens is 143 g/mol. The molecule has 0 unspecified atom stereocenters. The van der Waals surface area contributed by atoms with Crippen LogP contribution < -0.4 is 0 Å². The summed E-state index contributed by atoms with van der Waals surface area (Å²) in [6.07, 6.45) is 0. The predicted octanol–water partition coefficient (Wildman–Crippen LogP) is 2.48. The zero-order chi connectivity index (χ0) is 8.43. The van der Waals surface area contributed by atoms with Crippen LogP contribution in [0.25, 0.3) is 0 Å². The van der Waals surface area contributed by atoms with E-state index in [2.05, 4.69) is 0 Å². The van der Waals surface area contributed by atoms with E-state index < -0.39 is 6.67 Å². The Morgan fingerprint density at radius 3 is 2.55 bits per heavy atom. The van der Waals surface area contributed by atoms with Crippen molar-refractivity contribution in [3.8, 4) is 5.75 Å². The van der Waals surface area contributed by atoms with Crippen molar-refractivity contribution in [3.63, 3.8) is 0 Å². The number of hydrogen-bond acceptors (Lipinski definition) is 1. The monoisotopic (exact) mass is 154 g/mol. The van der Waals surface area contributed by atoms with Gasteiger partial charge in [0.15, 0.2) is 0 Å². The van der Waals surface area contributed by atoms with Crippen molar-refractivity contribution in [2.45, 2.75) is 20.5 Å². The smallest absolute Gasteiger partial charge is 0.124 e. The van der Waals surface area contributed by atoms with Crippen molar-refractivity contribution in [1.29, 1.82) is 0 Å². The van der Waals surface area contributed by atoms with E-state index in [1.807, 2.05) is 13.0 Å². The fourth-order valence-electron chi connectivity index (χ4n) is 0.965. The van der Waals surface area contributed by atoms with Crippen molar-refractivity contribution in [3.05, 3.63) is 28.8 Å². The Labute approximate surface area is 65.5 Å². The molecule has 0 aliphatic carbocycles. The molecule has 1 nitrogen and oxygen atoms in total. The summed E-state index contributed by atoms with van der Waals surface area (Å²) in [5.41, 5.74) is 2.12. The van der Waals surface area contributed by atoms with Crippen LogP contribution >= 0.6 is 0 Å². The number of benzene rings is 1. The standard InChI is InChI=1S/C9H11FO/c1-6-3-4-8(5-10)9(11)7(6)2/h3-4,11H,5H2,1-2H3. The summed E-state index contributed by atoms with van der Waals surface area (Å²) in [5, 5.41) is 9.34. The first kappa shape index (κ1) is 8.05. The van der Waals surface area contributed by atoms with E-state index in [0.717, 1.165) is 11.1 Å². The zero-order valence-corrected chi connectivity index (χ0v) is 6.69. The number of halogens is 1. The third-order valence-electron chi connectivity index (χ3n) is 1.93. The van der Waals surface area contributed by atoms with Crippen molar-refractivity contribution < 1.29 is 9.50 Å². The number of phenols is 1. The van der Waals surface area contributed by atoms with E-state index in [9.17, 15) is 9.50 Å². The molecular formula is C9H11FO. The second kappa shape index (κ2) is 2.91. The van der Waals surface area contributed by atoms with Crippen molar-refractivity contribution in [1.82, 2.24) is 0 Å². The molecule has 0 amide bonds. The molecule has 0 radical (unpaired) electrons. The molecule has 0 aromatic heterocycles. The fourth-order valence-corrected chi connectivity index (χ4v) is 0.965. The van der Waals surface area contributed by atoms with Crippen LogP contribution in [-0.4, -0.2) is 5.11 Å². The van der Waals surface area contributed by atoms with Crippen molar-refractivity contribution in [2.75, 3.05) is 0 Å². The first-order valence-corrected chi connectivity index (χ1v) is 3.51. The van der Waals surface area contributed by atoms with Crippen LogP contribution in [0.5, 0.6) is 5.75 Å². The number of phenolic OH excluding ortho intramolecular Hbond substituents is 1. The molecule has 0 fully saturated rings. The molecule has 0 heterocycles. The molecule has 0 bridgehead atoms. The summed E-state index contributed by atoms with van der Waals surface area (Å²) >= 11 is 0. The van der Waals surface area contributed by atoms with Gasteiger partial charge in [0.05, 0.1) is 0 Å². The maximum atomic E-state index is 12.1. The SMILES string of the molecule is Cc1ccc(CF)c(O)c1C. The van der Waals surface area contributed by atoms with Crippen LogP contribution in [0.1, 0.15) is 16.7 Å². The molecule has 0 aliphatic heterocycles. The quantitative estimate of drug-likeness (QED) is 0.658. The molecule has 0 aliphatic rings. The van der Waals surface area contributed by atoms with E-state index in [-0.39, 0.29) is 5.75 Å². The highest BCUT2D eigenvalue weighted by atomic mass is 19.1. The highest BCUT2D eigenvalue weighted by molar-refractivity contribution is 5.43. The molecule has 60 valence electrons. The molecule has 0 saturated heterocycles. The summed E-state index contributed by atoms with van der Waals surface area (Å²) < 4.78 is 12.1. The number of alkyl halides is 1. The van der Waals surface area contributed by atoms with E-state index in [1.54, 1.807) is 13.0 Å². The third-order valence-corrected chi connectivity index (χ3v) is 1.93. The highest BCUT2D eigenvalue weighted by Crippen LogP contribution is 2.25. The Kier molecular flexibility index (Phi) is 2.13. The largest absolute Gasteiger partial charge is 0.507 e. The average Bonchev–Trinajstić information content (AvgIpc) is 2.01. The number of aryl methyl sites for hydroxylation is 1. The van der Waals surface area contributed by atoms with Gasteiger partial charge in [0.1, 0.15) is 12.4 Å². The molecule has 2 heteroatoms. The summed E-state index contributed by atoms with van der Waals surface area (Å²) in [6, 6.07) is 3.42. The normalized spacial score (nSPS) is 10.1. The zero-order valence-electron chi connectivity index (χ0n) is 6.69. The van der Waals surface area contributed by atoms with Gasteiger partial charge in [-0.2, -0.15) is 0 Å². The van der Waals surface area contributed by atoms with Gasteiger partial charge in [-0.05, 0) is 25.0 Å². The van der Waals surface area contributed by atoms with Gasteiger partial charge in [-0.3, -0.25) is 0 Å². The van der Waals surface area contributed by atoms with Crippen LogP contribution in [0.2, 0.25) is 0 Å². The van der Waals surface area contributed by atoms with Gasteiger partial charge in [0, 0.05) is 5.56 Å².